The Balaban J connectivity index is 2.70. The molecular weight excluding hydrogens is 154 g/mol. The number of carboxylic acids is 1. The fourth-order valence-corrected chi connectivity index (χ4v) is 2.15. The van der Waals surface area contributed by atoms with E-state index in [4.69, 9.17) is 10.8 Å². The van der Waals surface area contributed by atoms with Crippen LogP contribution in [0.1, 0.15) is 33.1 Å². The minimum Gasteiger partial charge on any atom is -0.481 e. The number of nitrogens with two attached hydrogens (primary N) is 1. The first kappa shape index (κ1) is 9.52. The topological polar surface area (TPSA) is 63.3 Å². The maximum Gasteiger partial charge on any atom is 0.307 e. The molecule has 1 fully saturated rings. The number of aliphatic carboxylic acids is 1. The van der Waals surface area contributed by atoms with Crippen LogP contribution < -0.4 is 5.73 Å². The number of rotatable bonds is 1. The molecule has 0 aromatic carbocycles. The van der Waals surface area contributed by atoms with Crippen molar-refractivity contribution in [3.05, 3.63) is 0 Å². The molecule has 1 aliphatic carbocycles. The van der Waals surface area contributed by atoms with Crippen molar-refractivity contribution in [1.29, 1.82) is 0 Å². The van der Waals surface area contributed by atoms with Gasteiger partial charge in [-0.2, -0.15) is 0 Å². The molecule has 2 unspecified atom stereocenters. The Labute approximate surface area is 72.9 Å². The largest absolute Gasteiger partial charge is 0.481 e. The summed E-state index contributed by atoms with van der Waals surface area (Å²) in [6.07, 6.45) is 2.40. The summed E-state index contributed by atoms with van der Waals surface area (Å²) in [5.41, 5.74) is 5.64. The molecule has 3 heteroatoms. The standard InChI is InChI=1S/C9H17NO2/c1-9(2)5-6(10)3-4-7(9)8(11)12/h6-7H,3-5,10H2,1-2H3,(H,11,12). The van der Waals surface area contributed by atoms with Gasteiger partial charge in [0.15, 0.2) is 0 Å². The van der Waals surface area contributed by atoms with Crippen LogP contribution in [0, 0.1) is 11.3 Å². The summed E-state index contributed by atoms with van der Waals surface area (Å²) in [5, 5.41) is 8.92. The van der Waals surface area contributed by atoms with Crippen molar-refractivity contribution >= 4 is 5.97 Å². The number of hydrogen-bond donors (Lipinski definition) is 2. The summed E-state index contributed by atoms with van der Waals surface area (Å²) in [7, 11) is 0. The fraction of sp³-hybridized carbons (Fsp3) is 0.889. The Hall–Kier alpha value is -0.570. The van der Waals surface area contributed by atoms with Crippen LogP contribution >= 0.6 is 0 Å². The number of carboxylic acid groups (broad SMARTS) is 1. The van der Waals surface area contributed by atoms with Crippen LogP contribution in [0.25, 0.3) is 0 Å². The molecule has 1 saturated carbocycles. The Morgan fingerprint density at radius 3 is 2.50 bits per heavy atom. The number of carbonyl (C=O) groups is 1. The van der Waals surface area contributed by atoms with Crippen LogP contribution in [-0.4, -0.2) is 17.1 Å². The van der Waals surface area contributed by atoms with Gasteiger partial charge in [0.05, 0.1) is 5.92 Å². The van der Waals surface area contributed by atoms with Crippen LogP contribution in [0.15, 0.2) is 0 Å². The SMILES string of the molecule is CC1(C)CC(N)CCC1C(=O)O. The number of hydrogen-bond acceptors (Lipinski definition) is 2. The monoisotopic (exact) mass is 171 g/mol. The molecule has 3 N–H and O–H groups in total. The quantitative estimate of drug-likeness (QED) is 0.623. The lowest BCUT2D eigenvalue weighted by Crippen LogP contribution is -2.42. The third-order valence-electron chi connectivity index (χ3n) is 2.86. The summed E-state index contributed by atoms with van der Waals surface area (Å²) in [5.74, 6) is -0.885. The lowest BCUT2D eigenvalue weighted by atomic mass is 9.67. The average molecular weight is 171 g/mol. The molecule has 0 radical (unpaired) electrons. The smallest absolute Gasteiger partial charge is 0.307 e. The molecule has 1 rings (SSSR count). The molecule has 0 aliphatic heterocycles. The lowest BCUT2D eigenvalue weighted by Gasteiger charge is -2.38. The molecule has 0 aromatic heterocycles. The summed E-state index contributed by atoms with van der Waals surface area (Å²) in [6.45, 7) is 3.98. The van der Waals surface area contributed by atoms with Gasteiger partial charge >= 0.3 is 5.97 Å². The minimum atomic E-state index is -0.674. The molecule has 2 atom stereocenters. The van der Waals surface area contributed by atoms with E-state index in [0.717, 1.165) is 19.3 Å². The lowest BCUT2D eigenvalue weighted by molar-refractivity contribution is -0.147. The molecule has 12 heavy (non-hydrogen) atoms. The molecule has 0 heterocycles. The summed E-state index contributed by atoms with van der Waals surface area (Å²) in [4.78, 5) is 10.8. The van der Waals surface area contributed by atoms with E-state index >= 15 is 0 Å². The van der Waals surface area contributed by atoms with Gasteiger partial charge < -0.3 is 10.8 Å². The van der Waals surface area contributed by atoms with Crippen molar-refractivity contribution in [1.82, 2.24) is 0 Å². The Morgan fingerprint density at radius 1 is 1.50 bits per heavy atom. The first-order chi connectivity index (χ1) is 5.43. The molecule has 0 saturated heterocycles. The normalized spacial score (nSPS) is 34.6. The predicted molar refractivity (Wildman–Crippen MR) is 46.7 cm³/mol. The second kappa shape index (κ2) is 3.05. The highest BCUT2D eigenvalue weighted by molar-refractivity contribution is 5.71. The van der Waals surface area contributed by atoms with Gasteiger partial charge in [-0.25, -0.2) is 0 Å². The fourth-order valence-electron chi connectivity index (χ4n) is 2.15. The molecule has 70 valence electrons. The summed E-state index contributed by atoms with van der Waals surface area (Å²) in [6, 6.07) is 0.190. The van der Waals surface area contributed by atoms with E-state index in [1.54, 1.807) is 0 Å². The van der Waals surface area contributed by atoms with E-state index in [1.165, 1.54) is 0 Å². The first-order valence-electron chi connectivity index (χ1n) is 4.42. The zero-order valence-electron chi connectivity index (χ0n) is 7.71. The molecule has 1 aliphatic rings. The molecule has 0 spiro atoms. The van der Waals surface area contributed by atoms with Crippen molar-refractivity contribution in [2.24, 2.45) is 17.1 Å². The van der Waals surface area contributed by atoms with Gasteiger partial charge in [-0.05, 0) is 24.7 Å². The van der Waals surface area contributed by atoms with E-state index in [-0.39, 0.29) is 17.4 Å². The summed E-state index contributed by atoms with van der Waals surface area (Å²) < 4.78 is 0. The zero-order valence-corrected chi connectivity index (χ0v) is 7.71. The van der Waals surface area contributed by atoms with Gasteiger partial charge in [-0.15, -0.1) is 0 Å². The van der Waals surface area contributed by atoms with Crippen LogP contribution in [0.5, 0.6) is 0 Å². The highest BCUT2D eigenvalue weighted by Gasteiger charge is 2.39. The van der Waals surface area contributed by atoms with Gasteiger partial charge in [0, 0.05) is 6.04 Å². The second-order valence-corrected chi connectivity index (χ2v) is 4.42. The average Bonchev–Trinajstić information content (AvgIpc) is 1.82. The first-order valence-corrected chi connectivity index (χ1v) is 4.42. The van der Waals surface area contributed by atoms with E-state index in [2.05, 4.69) is 0 Å². The van der Waals surface area contributed by atoms with Crippen LogP contribution in [0.4, 0.5) is 0 Å². The highest BCUT2D eigenvalue weighted by atomic mass is 16.4. The van der Waals surface area contributed by atoms with Crippen LogP contribution in [-0.2, 0) is 4.79 Å². The maximum atomic E-state index is 10.8. The molecule has 0 amide bonds. The van der Waals surface area contributed by atoms with Gasteiger partial charge in [-0.3, -0.25) is 4.79 Å². The minimum absolute atomic E-state index is 0.135. The summed E-state index contributed by atoms with van der Waals surface area (Å²) >= 11 is 0. The van der Waals surface area contributed by atoms with Crippen molar-refractivity contribution < 1.29 is 9.90 Å². The molecule has 3 nitrogen and oxygen atoms in total. The van der Waals surface area contributed by atoms with Crippen molar-refractivity contribution in [2.75, 3.05) is 0 Å². The van der Waals surface area contributed by atoms with E-state index in [1.807, 2.05) is 13.8 Å². The van der Waals surface area contributed by atoms with Gasteiger partial charge in [-0.1, -0.05) is 13.8 Å². The van der Waals surface area contributed by atoms with E-state index in [9.17, 15) is 4.79 Å². The predicted octanol–water partition coefficient (Wildman–Crippen LogP) is 1.22. The Kier molecular flexibility index (Phi) is 2.42. The van der Waals surface area contributed by atoms with Crippen molar-refractivity contribution in [3.8, 4) is 0 Å². The molecular formula is C9H17NO2. The zero-order chi connectivity index (χ0) is 9.35. The Bertz CT molecular complexity index is 189. The van der Waals surface area contributed by atoms with E-state index < -0.39 is 5.97 Å². The van der Waals surface area contributed by atoms with E-state index in [0.29, 0.717) is 0 Å². The molecule has 0 aromatic rings. The van der Waals surface area contributed by atoms with Gasteiger partial charge in [0.2, 0.25) is 0 Å². The van der Waals surface area contributed by atoms with Crippen LogP contribution in [0.3, 0.4) is 0 Å². The maximum absolute atomic E-state index is 10.8. The van der Waals surface area contributed by atoms with Crippen molar-refractivity contribution in [2.45, 2.75) is 39.2 Å². The third-order valence-corrected chi connectivity index (χ3v) is 2.86. The van der Waals surface area contributed by atoms with Gasteiger partial charge in [0.25, 0.3) is 0 Å². The van der Waals surface area contributed by atoms with Gasteiger partial charge in [0.1, 0.15) is 0 Å². The Morgan fingerprint density at radius 2 is 2.08 bits per heavy atom. The highest BCUT2D eigenvalue weighted by Crippen LogP contribution is 2.39. The second-order valence-electron chi connectivity index (χ2n) is 4.42. The van der Waals surface area contributed by atoms with Crippen LogP contribution in [0.2, 0.25) is 0 Å². The molecule has 0 bridgehead atoms. The third kappa shape index (κ3) is 1.78. The van der Waals surface area contributed by atoms with Crippen molar-refractivity contribution in [3.63, 3.8) is 0 Å².